The Morgan fingerprint density at radius 2 is 1.75 bits per heavy atom. The van der Waals surface area contributed by atoms with Crippen molar-refractivity contribution >= 4 is 37.9 Å². The van der Waals surface area contributed by atoms with Gasteiger partial charge in [0.2, 0.25) is 0 Å². The molecule has 0 radical (unpaired) electrons. The minimum atomic E-state index is -0.431. The lowest BCUT2D eigenvalue weighted by Crippen LogP contribution is -2.23. The lowest BCUT2D eigenvalue weighted by molar-refractivity contribution is 0.203. The second kappa shape index (κ2) is 4.85. The fourth-order valence-electron chi connectivity index (χ4n) is 0.243. The highest BCUT2D eigenvalue weighted by molar-refractivity contribution is 7.85. The zero-order valence-electron chi connectivity index (χ0n) is 4.36. The SMILES string of the molecule is OC(CS)C(S)CS. The summed E-state index contributed by atoms with van der Waals surface area (Å²) in [6.07, 6.45) is -0.431. The zero-order chi connectivity index (χ0) is 6.57. The van der Waals surface area contributed by atoms with E-state index in [0.717, 1.165) is 0 Å². The minimum Gasteiger partial charge on any atom is -0.391 e. The van der Waals surface area contributed by atoms with Gasteiger partial charge in [0.15, 0.2) is 0 Å². The number of aliphatic hydroxyl groups excluding tert-OH is 1. The molecule has 2 atom stereocenters. The summed E-state index contributed by atoms with van der Waals surface area (Å²) in [5.74, 6) is 1.04. The predicted octanol–water partition coefficient (Wildman–Crippen LogP) is 0.505. The molecule has 0 spiro atoms. The van der Waals surface area contributed by atoms with Crippen LogP contribution in [0.25, 0.3) is 0 Å². The van der Waals surface area contributed by atoms with Crippen LogP contribution in [0.3, 0.4) is 0 Å². The third-order valence-electron chi connectivity index (χ3n) is 0.818. The van der Waals surface area contributed by atoms with Gasteiger partial charge in [-0.2, -0.15) is 37.9 Å². The van der Waals surface area contributed by atoms with Crippen molar-refractivity contribution in [3.8, 4) is 0 Å². The highest BCUT2D eigenvalue weighted by Crippen LogP contribution is 2.04. The Balaban J connectivity index is 3.29. The van der Waals surface area contributed by atoms with Gasteiger partial charge < -0.3 is 5.11 Å². The number of aliphatic hydroxyl groups is 1. The molecule has 2 unspecified atom stereocenters. The van der Waals surface area contributed by atoms with Crippen LogP contribution >= 0.6 is 37.9 Å². The van der Waals surface area contributed by atoms with Gasteiger partial charge in [-0.1, -0.05) is 0 Å². The molecule has 0 saturated heterocycles. The van der Waals surface area contributed by atoms with Gasteiger partial charge in [0, 0.05) is 16.8 Å². The average Bonchev–Trinajstić information content (AvgIpc) is 1.84. The van der Waals surface area contributed by atoms with E-state index < -0.39 is 6.10 Å². The highest BCUT2D eigenvalue weighted by Gasteiger charge is 2.09. The molecule has 0 heterocycles. The zero-order valence-corrected chi connectivity index (χ0v) is 7.04. The molecule has 4 heteroatoms. The minimum absolute atomic E-state index is 0.0455. The Hall–Kier alpha value is 1.01. The summed E-state index contributed by atoms with van der Waals surface area (Å²) in [7, 11) is 0. The Morgan fingerprint density at radius 1 is 1.25 bits per heavy atom. The summed E-state index contributed by atoms with van der Waals surface area (Å²) in [4.78, 5) is 0. The topological polar surface area (TPSA) is 20.2 Å². The third-order valence-corrected chi connectivity index (χ3v) is 2.40. The van der Waals surface area contributed by atoms with Crippen molar-refractivity contribution in [2.45, 2.75) is 11.4 Å². The molecule has 0 saturated carbocycles. The number of thiol groups is 3. The van der Waals surface area contributed by atoms with Crippen molar-refractivity contribution in [3.63, 3.8) is 0 Å². The van der Waals surface area contributed by atoms with Crippen LogP contribution in [-0.2, 0) is 0 Å². The molecule has 1 N–H and O–H groups in total. The Labute approximate surface area is 66.1 Å². The monoisotopic (exact) mass is 170 g/mol. The molecule has 0 aromatic carbocycles. The van der Waals surface area contributed by atoms with Crippen LogP contribution in [0.15, 0.2) is 0 Å². The molecule has 50 valence electrons. The molecule has 0 fully saturated rings. The van der Waals surface area contributed by atoms with Gasteiger partial charge >= 0.3 is 0 Å². The first-order chi connectivity index (χ1) is 3.72. The van der Waals surface area contributed by atoms with Crippen LogP contribution < -0.4 is 0 Å². The molecule has 1 nitrogen and oxygen atoms in total. The molecule has 0 bridgehead atoms. The van der Waals surface area contributed by atoms with E-state index in [9.17, 15) is 0 Å². The fraction of sp³-hybridized carbons (Fsp3) is 1.00. The molecule has 0 aromatic heterocycles. The van der Waals surface area contributed by atoms with Gasteiger partial charge in [-0.15, -0.1) is 0 Å². The van der Waals surface area contributed by atoms with E-state index in [1.54, 1.807) is 0 Å². The predicted molar refractivity (Wildman–Crippen MR) is 46.5 cm³/mol. The molecule has 0 aliphatic heterocycles. The van der Waals surface area contributed by atoms with Crippen molar-refractivity contribution in [2.75, 3.05) is 11.5 Å². The smallest absolute Gasteiger partial charge is 0.0751 e. The first-order valence-electron chi connectivity index (χ1n) is 2.30. The van der Waals surface area contributed by atoms with Gasteiger partial charge in [0.05, 0.1) is 6.10 Å². The Bertz CT molecular complexity index is 51.2. The van der Waals surface area contributed by atoms with Crippen LogP contribution in [0.4, 0.5) is 0 Å². The van der Waals surface area contributed by atoms with Gasteiger partial charge in [-0.05, 0) is 0 Å². The van der Waals surface area contributed by atoms with E-state index in [-0.39, 0.29) is 5.25 Å². The molecule has 0 amide bonds. The average molecular weight is 170 g/mol. The van der Waals surface area contributed by atoms with Crippen molar-refractivity contribution in [1.82, 2.24) is 0 Å². The van der Waals surface area contributed by atoms with E-state index in [2.05, 4.69) is 37.9 Å². The number of hydrogen-bond acceptors (Lipinski definition) is 4. The third kappa shape index (κ3) is 3.12. The van der Waals surface area contributed by atoms with E-state index in [1.807, 2.05) is 0 Å². The van der Waals surface area contributed by atoms with Crippen LogP contribution in [0.1, 0.15) is 0 Å². The second-order valence-corrected chi connectivity index (χ2v) is 2.89. The van der Waals surface area contributed by atoms with E-state index >= 15 is 0 Å². The summed E-state index contributed by atoms with van der Waals surface area (Å²) in [5, 5.41) is 8.88. The van der Waals surface area contributed by atoms with Crippen molar-refractivity contribution in [2.24, 2.45) is 0 Å². The van der Waals surface area contributed by atoms with E-state index in [0.29, 0.717) is 11.5 Å². The fourth-order valence-corrected chi connectivity index (χ4v) is 1.01. The lowest BCUT2D eigenvalue weighted by atomic mass is 10.3. The summed E-state index contributed by atoms with van der Waals surface area (Å²) in [5.41, 5.74) is 0. The quantitative estimate of drug-likeness (QED) is 0.455. The number of rotatable bonds is 3. The molecule has 8 heavy (non-hydrogen) atoms. The lowest BCUT2D eigenvalue weighted by Gasteiger charge is -2.11. The largest absolute Gasteiger partial charge is 0.391 e. The molecule has 0 aliphatic carbocycles. The van der Waals surface area contributed by atoms with Gasteiger partial charge in [-0.25, -0.2) is 0 Å². The number of hydrogen-bond donors (Lipinski definition) is 4. The maximum absolute atomic E-state index is 8.92. The Kier molecular flexibility index (Phi) is 5.46. The summed E-state index contributed by atoms with van der Waals surface area (Å²) < 4.78 is 0. The van der Waals surface area contributed by atoms with Crippen molar-refractivity contribution in [3.05, 3.63) is 0 Å². The summed E-state index contributed by atoms with van der Waals surface area (Å²) in [6.45, 7) is 0. The van der Waals surface area contributed by atoms with Crippen LogP contribution in [0, 0.1) is 0 Å². The molecule has 0 aromatic rings. The van der Waals surface area contributed by atoms with Gasteiger partial charge in [-0.3, -0.25) is 0 Å². The van der Waals surface area contributed by atoms with Gasteiger partial charge in [0.25, 0.3) is 0 Å². The molecule has 0 rings (SSSR count). The maximum Gasteiger partial charge on any atom is 0.0751 e. The highest BCUT2D eigenvalue weighted by atomic mass is 32.1. The molecular formula is C4H10OS3. The van der Waals surface area contributed by atoms with Crippen LogP contribution in [0.2, 0.25) is 0 Å². The van der Waals surface area contributed by atoms with Crippen molar-refractivity contribution in [1.29, 1.82) is 0 Å². The van der Waals surface area contributed by atoms with Crippen molar-refractivity contribution < 1.29 is 5.11 Å². The van der Waals surface area contributed by atoms with Crippen LogP contribution in [-0.4, -0.2) is 28.0 Å². The molecular weight excluding hydrogens is 160 g/mol. The molecule has 0 aliphatic rings. The first kappa shape index (κ1) is 9.01. The van der Waals surface area contributed by atoms with E-state index in [1.165, 1.54) is 0 Å². The van der Waals surface area contributed by atoms with E-state index in [4.69, 9.17) is 5.11 Å². The summed E-state index contributed by atoms with van der Waals surface area (Å²) in [6, 6.07) is 0. The van der Waals surface area contributed by atoms with Gasteiger partial charge in [0.1, 0.15) is 0 Å². The second-order valence-electron chi connectivity index (χ2n) is 1.50. The first-order valence-corrected chi connectivity index (χ1v) is 4.08. The standard InChI is InChI=1S/C4H10OS3/c5-3(1-6)4(8)2-7/h3-8H,1-2H2. The maximum atomic E-state index is 8.92. The van der Waals surface area contributed by atoms with Crippen LogP contribution in [0.5, 0.6) is 0 Å². The summed E-state index contributed by atoms with van der Waals surface area (Å²) >= 11 is 11.8. The normalized spacial score (nSPS) is 18.0. The Morgan fingerprint density at radius 3 is 1.88 bits per heavy atom.